The summed E-state index contributed by atoms with van der Waals surface area (Å²) in [6.07, 6.45) is 1.45. The van der Waals surface area contributed by atoms with Crippen LogP contribution in [0.15, 0.2) is 47.5 Å². The van der Waals surface area contributed by atoms with Crippen LogP contribution in [-0.4, -0.2) is 13.4 Å². The number of nitrogens with one attached hydrogen (secondary N) is 1. The molecule has 2 rings (SSSR count). The normalized spacial score (nSPS) is 11.2. The molecule has 0 saturated heterocycles. The van der Waals surface area contributed by atoms with E-state index in [1.54, 1.807) is 12.1 Å². The van der Waals surface area contributed by atoms with Crippen molar-refractivity contribution >= 4 is 39.0 Å². The second-order valence-electron chi connectivity index (χ2n) is 3.39. The average molecular weight is 303 g/mol. The van der Waals surface area contributed by atoms with Crippen LogP contribution >= 0.6 is 23.2 Å². The van der Waals surface area contributed by atoms with Crippen molar-refractivity contribution < 1.29 is 8.42 Å². The molecular weight excluding hydrogens is 295 g/mol. The molecule has 0 spiro atoms. The quantitative estimate of drug-likeness (QED) is 0.947. The van der Waals surface area contributed by atoms with E-state index in [1.807, 2.05) is 0 Å². The lowest BCUT2D eigenvalue weighted by molar-refractivity contribution is 0.601. The first kappa shape index (κ1) is 13.1. The molecule has 2 aromatic rings. The number of rotatable bonds is 3. The van der Waals surface area contributed by atoms with Gasteiger partial charge in [0.2, 0.25) is 0 Å². The van der Waals surface area contributed by atoms with Crippen molar-refractivity contribution in [1.82, 2.24) is 4.98 Å². The first-order valence-corrected chi connectivity index (χ1v) is 7.12. The third-order valence-corrected chi connectivity index (χ3v) is 4.03. The van der Waals surface area contributed by atoms with Crippen LogP contribution in [0.1, 0.15) is 0 Å². The van der Waals surface area contributed by atoms with Crippen molar-refractivity contribution in [3.8, 4) is 0 Å². The Morgan fingerprint density at radius 1 is 1.06 bits per heavy atom. The van der Waals surface area contributed by atoms with Crippen LogP contribution in [0.3, 0.4) is 0 Å². The van der Waals surface area contributed by atoms with Crippen molar-refractivity contribution in [3.63, 3.8) is 0 Å². The van der Waals surface area contributed by atoms with E-state index in [0.717, 1.165) is 0 Å². The van der Waals surface area contributed by atoms with Gasteiger partial charge in [-0.25, -0.2) is 13.4 Å². The largest absolute Gasteiger partial charge is 0.263 e. The van der Waals surface area contributed by atoms with Gasteiger partial charge in [0, 0.05) is 11.2 Å². The Labute approximate surface area is 115 Å². The lowest BCUT2D eigenvalue weighted by Crippen LogP contribution is -2.14. The lowest BCUT2D eigenvalue weighted by Gasteiger charge is -2.08. The number of halogens is 2. The fraction of sp³-hybridized carbons (Fsp3) is 0. The Morgan fingerprint density at radius 3 is 2.33 bits per heavy atom. The van der Waals surface area contributed by atoms with Gasteiger partial charge in [-0.05, 0) is 36.4 Å². The molecule has 0 aliphatic rings. The van der Waals surface area contributed by atoms with Crippen molar-refractivity contribution in [3.05, 3.63) is 52.6 Å². The minimum atomic E-state index is -3.71. The van der Waals surface area contributed by atoms with Crippen molar-refractivity contribution in [2.75, 3.05) is 4.72 Å². The third kappa shape index (κ3) is 2.93. The van der Waals surface area contributed by atoms with Crippen molar-refractivity contribution in [2.24, 2.45) is 0 Å². The predicted octanol–water partition coefficient (Wildman–Crippen LogP) is 3.19. The first-order chi connectivity index (χ1) is 8.49. The van der Waals surface area contributed by atoms with E-state index in [0.29, 0.717) is 5.02 Å². The zero-order chi connectivity index (χ0) is 13.2. The second kappa shape index (κ2) is 5.14. The standard InChI is InChI=1S/C11H8Cl2N2O2S/c12-8-3-5-9(6-4-8)18(16,17)15-11-10(13)2-1-7-14-11/h1-7H,(H,14,15). The van der Waals surface area contributed by atoms with E-state index in [4.69, 9.17) is 23.2 Å². The number of benzene rings is 1. The number of sulfonamides is 1. The Bertz CT molecular complexity index is 657. The topological polar surface area (TPSA) is 59.1 Å². The van der Waals surface area contributed by atoms with Gasteiger partial charge in [-0.15, -0.1) is 0 Å². The summed E-state index contributed by atoms with van der Waals surface area (Å²) in [5.74, 6) is 0.0918. The molecule has 0 fully saturated rings. The highest BCUT2D eigenvalue weighted by molar-refractivity contribution is 7.92. The minimum Gasteiger partial charge on any atom is -0.262 e. The SMILES string of the molecule is O=S(=O)(Nc1ncccc1Cl)c1ccc(Cl)cc1. The Balaban J connectivity index is 2.33. The minimum absolute atomic E-state index is 0.0913. The Kier molecular flexibility index (Phi) is 3.75. The molecule has 1 aromatic carbocycles. The summed E-state index contributed by atoms with van der Waals surface area (Å²) in [6.45, 7) is 0. The molecule has 1 aromatic heterocycles. The van der Waals surface area contributed by atoms with Crippen LogP contribution in [0.2, 0.25) is 10.0 Å². The molecule has 1 N–H and O–H groups in total. The van der Waals surface area contributed by atoms with Crippen LogP contribution in [0.5, 0.6) is 0 Å². The molecule has 0 atom stereocenters. The summed E-state index contributed by atoms with van der Waals surface area (Å²) in [7, 11) is -3.71. The molecule has 0 radical (unpaired) electrons. The first-order valence-electron chi connectivity index (χ1n) is 4.88. The fourth-order valence-electron chi connectivity index (χ4n) is 1.26. The predicted molar refractivity (Wildman–Crippen MR) is 71.5 cm³/mol. The zero-order valence-corrected chi connectivity index (χ0v) is 11.3. The molecule has 0 aliphatic carbocycles. The monoisotopic (exact) mass is 302 g/mol. The highest BCUT2D eigenvalue weighted by atomic mass is 35.5. The number of nitrogens with zero attached hydrogens (tertiary/aromatic N) is 1. The van der Waals surface area contributed by atoms with E-state index in [-0.39, 0.29) is 15.7 Å². The molecule has 0 amide bonds. The molecule has 1 heterocycles. The summed E-state index contributed by atoms with van der Waals surface area (Å²) in [4.78, 5) is 3.95. The summed E-state index contributed by atoms with van der Waals surface area (Å²) in [6, 6.07) is 8.96. The highest BCUT2D eigenvalue weighted by Crippen LogP contribution is 2.22. The maximum absolute atomic E-state index is 12.0. The molecule has 0 unspecified atom stereocenters. The van der Waals surface area contributed by atoms with Gasteiger partial charge in [0.1, 0.15) is 0 Å². The number of anilines is 1. The number of hydrogen-bond acceptors (Lipinski definition) is 3. The molecule has 7 heteroatoms. The summed E-state index contributed by atoms with van der Waals surface area (Å²) in [5.41, 5.74) is 0. The van der Waals surface area contributed by atoms with E-state index in [9.17, 15) is 8.42 Å². The van der Waals surface area contributed by atoms with Crippen molar-refractivity contribution in [2.45, 2.75) is 4.90 Å². The Morgan fingerprint density at radius 2 is 1.72 bits per heavy atom. The average Bonchev–Trinajstić information content (AvgIpc) is 2.32. The van der Waals surface area contributed by atoms with E-state index >= 15 is 0 Å². The van der Waals surface area contributed by atoms with Gasteiger partial charge >= 0.3 is 0 Å². The number of pyridine rings is 1. The Hall–Kier alpha value is -1.30. The fourth-order valence-corrected chi connectivity index (χ4v) is 2.64. The molecule has 4 nitrogen and oxygen atoms in total. The van der Waals surface area contributed by atoms with Gasteiger partial charge in [-0.1, -0.05) is 23.2 Å². The third-order valence-electron chi connectivity index (χ3n) is 2.11. The second-order valence-corrected chi connectivity index (χ2v) is 5.92. The van der Waals surface area contributed by atoms with Gasteiger partial charge in [0.15, 0.2) is 5.82 Å². The van der Waals surface area contributed by atoms with Gasteiger partial charge in [-0.2, -0.15) is 0 Å². The van der Waals surface area contributed by atoms with Gasteiger partial charge < -0.3 is 0 Å². The maximum atomic E-state index is 12.0. The highest BCUT2D eigenvalue weighted by Gasteiger charge is 2.15. The van der Waals surface area contributed by atoms with Gasteiger partial charge in [0.25, 0.3) is 10.0 Å². The van der Waals surface area contributed by atoms with Crippen LogP contribution < -0.4 is 4.72 Å². The van der Waals surface area contributed by atoms with Crippen LogP contribution in [0.25, 0.3) is 0 Å². The van der Waals surface area contributed by atoms with Gasteiger partial charge in [0.05, 0.1) is 9.92 Å². The zero-order valence-electron chi connectivity index (χ0n) is 8.97. The molecule has 0 bridgehead atoms. The molecular formula is C11H8Cl2N2O2S. The maximum Gasteiger partial charge on any atom is 0.263 e. The van der Waals surface area contributed by atoms with Crippen LogP contribution in [0, 0.1) is 0 Å². The van der Waals surface area contributed by atoms with Gasteiger partial charge in [-0.3, -0.25) is 4.72 Å². The molecule has 0 saturated carbocycles. The summed E-state index contributed by atoms with van der Waals surface area (Å²) in [5, 5.41) is 0.694. The van der Waals surface area contributed by atoms with E-state index < -0.39 is 10.0 Å². The van der Waals surface area contributed by atoms with E-state index in [2.05, 4.69) is 9.71 Å². The van der Waals surface area contributed by atoms with E-state index in [1.165, 1.54) is 30.5 Å². The summed E-state index contributed by atoms with van der Waals surface area (Å²) >= 11 is 11.5. The lowest BCUT2D eigenvalue weighted by atomic mass is 10.4. The summed E-state index contributed by atoms with van der Waals surface area (Å²) < 4.78 is 26.3. The van der Waals surface area contributed by atoms with Crippen LogP contribution in [-0.2, 0) is 10.0 Å². The molecule has 18 heavy (non-hydrogen) atoms. The smallest absolute Gasteiger partial charge is 0.262 e. The molecule has 94 valence electrons. The van der Waals surface area contributed by atoms with Crippen LogP contribution in [0.4, 0.5) is 5.82 Å². The number of aromatic nitrogens is 1. The molecule has 0 aliphatic heterocycles. The van der Waals surface area contributed by atoms with Crippen molar-refractivity contribution in [1.29, 1.82) is 0 Å². The number of hydrogen-bond donors (Lipinski definition) is 1.